The molecule has 84 valence electrons. The van der Waals surface area contributed by atoms with Gasteiger partial charge < -0.3 is 14.8 Å². The van der Waals surface area contributed by atoms with E-state index in [-0.39, 0.29) is 6.61 Å². The van der Waals surface area contributed by atoms with E-state index in [0.29, 0.717) is 6.54 Å². The summed E-state index contributed by atoms with van der Waals surface area (Å²) in [4.78, 5) is 0. The summed E-state index contributed by atoms with van der Waals surface area (Å²) >= 11 is 2.14. The van der Waals surface area contributed by atoms with Gasteiger partial charge in [-0.2, -0.15) is 0 Å². The molecule has 16 heavy (non-hydrogen) atoms. The first-order valence-electron chi connectivity index (χ1n) is 4.96. The molecule has 0 radical (unpaired) electrons. The van der Waals surface area contributed by atoms with Crippen LogP contribution in [0.25, 0.3) is 0 Å². The number of nitrogens with one attached hydrogen (secondary N) is 1. The van der Waals surface area contributed by atoms with Crippen LogP contribution in [-0.2, 0) is 13.2 Å². The number of furan rings is 1. The maximum absolute atomic E-state index is 8.90. The Hall–Kier alpha value is -1.01. The minimum Gasteiger partial charge on any atom is -0.454 e. The van der Waals surface area contributed by atoms with Crippen molar-refractivity contribution in [1.29, 1.82) is 0 Å². The molecule has 0 bridgehead atoms. The second-order valence-electron chi connectivity index (χ2n) is 3.41. The molecular formula is C12H12INO2. The fraction of sp³-hybridized carbons (Fsp3) is 0.167. The van der Waals surface area contributed by atoms with E-state index in [9.17, 15) is 0 Å². The standard InChI is InChI=1S/C12H12INO2/c13-12-6-5-11(16-12)7-14-10-3-1-9(8-15)2-4-10/h1-6,14-15H,7-8H2. The van der Waals surface area contributed by atoms with Crippen molar-refractivity contribution < 1.29 is 9.52 Å². The van der Waals surface area contributed by atoms with E-state index < -0.39 is 0 Å². The molecule has 2 aromatic rings. The zero-order valence-corrected chi connectivity index (χ0v) is 10.8. The predicted octanol–water partition coefficient (Wildman–Crippen LogP) is 2.99. The van der Waals surface area contributed by atoms with E-state index in [0.717, 1.165) is 20.8 Å². The number of hydrogen-bond acceptors (Lipinski definition) is 3. The fourth-order valence-corrected chi connectivity index (χ4v) is 1.83. The summed E-state index contributed by atoms with van der Waals surface area (Å²) in [6.07, 6.45) is 0. The second kappa shape index (κ2) is 5.36. The van der Waals surface area contributed by atoms with Gasteiger partial charge in [-0.1, -0.05) is 12.1 Å². The second-order valence-corrected chi connectivity index (χ2v) is 4.48. The van der Waals surface area contributed by atoms with Crippen LogP contribution in [0.3, 0.4) is 0 Å². The molecule has 0 aliphatic heterocycles. The molecular weight excluding hydrogens is 317 g/mol. The van der Waals surface area contributed by atoms with Gasteiger partial charge in [-0.15, -0.1) is 0 Å². The van der Waals surface area contributed by atoms with Crippen LogP contribution in [0.4, 0.5) is 5.69 Å². The highest BCUT2D eigenvalue weighted by molar-refractivity contribution is 14.1. The minimum atomic E-state index is 0.0800. The van der Waals surface area contributed by atoms with Gasteiger partial charge in [-0.3, -0.25) is 0 Å². The van der Waals surface area contributed by atoms with Crippen molar-refractivity contribution in [2.75, 3.05) is 5.32 Å². The lowest BCUT2D eigenvalue weighted by Crippen LogP contribution is -1.98. The van der Waals surface area contributed by atoms with Crippen molar-refractivity contribution in [3.05, 3.63) is 51.5 Å². The van der Waals surface area contributed by atoms with Gasteiger partial charge in [-0.25, -0.2) is 0 Å². The normalized spacial score (nSPS) is 10.4. The van der Waals surface area contributed by atoms with Crippen molar-refractivity contribution in [2.24, 2.45) is 0 Å². The first-order valence-corrected chi connectivity index (χ1v) is 6.03. The van der Waals surface area contributed by atoms with Crippen LogP contribution in [0.1, 0.15) is 11.3 Å². The highest BCUT2D eigenvalue weighted by atomic mass is 127. The van der Waals surface area contributed by atoms with E-state index in [4.69, 9.17) is 9.52 Å². The third-order valence-electron chi connectivity index (χ3n) is 2.23. The molecule has 2 rings (SSSR count). The Bertz CT molecular complexity index is 450. The molecule has 1 aromatic heterocycles. The highest BCUT2D eigenvalue weighted by Gasteiger charge is 1.99. The largest absolute Gasteiger partial charge is 0.454 e. The van der Waals surface area contributed by atoms with Crippen LogP contribution in [0.5, 0.6) is 0 Å². The summed E-state index contributed by atoms with van der Waals surface area (Å²) in [6, 6.07) is 11.6. The van der Waals surface area contributed by atoms with Crippen molar-refractivity contribution in [1.82, 2.24) is 0 Å². The van der Waals surface area contributed by atoms with Crippen molar-refractivity contribution in [2.45, 2.75) is 13.2 Å². The Kier molecular flexibility index (Phi) is 3.84. The number of anilines is 1. The first kappa shape index (κ1) is 11.5. The molecule has 0 saturated heterocycles. The number of halogens is 1. The van der Waals surface area contributed by atoms with Crippen molar-refractivity contribution >= 4 is 28.3 Å². The van der Waals surface area contributed by atoms with Gasteiger partial charge in [0.05, 0.1) is 13.2 Å². The smallest absolute Gasteiger partial charge is 0.164 e. The summed E-state index contributed by atoms with van der Waals surface area (Å²) in [5, 5.41) is 12.1. The van der Waals surface area contributed by atoms with Gasteiger partial charge in [-0.05, 0) is 52.4 Å². The molecule has 0 atom stereocenters. The SMILES string of the molecule is OCc1ccc(NCc2ccc(I)o2)cc1. The average Bonchev–Trinajstić information content (AvgIpc) is 2.73. The molecule has 0 amide bonds. The molecule has 0 unspecified atom stereocenters. The summed E-state index contributed by atoms with van der Waals surface area (Å²) in [6.45, 7) is 0.748. The van der Waals surface area contributed by atoms with Gasteiger partial charge >= 0.3 is 0 Å². The molecule has 0 fully saturated rings. The highest BCUT2D eigenvalue weighted by Crippen LogP contribution is 2.14. The Balaban J connectivity index is 1.94. The summed E-state index contributed by atoms with van der Waals surface area (Å²) in [5.41, 5.74) is 1.93. The number of benzene rings is 1. The topological polar surface area (TPSA) is 45.4 Å². The molecule has 4 heteroatoms. The Morgan fingerprint density at radius 3 is 2.44 bits per heavy atom. The molecule has 0 spiro atoms. The van der Waals surface area contributed by atoms with E-state index in [1.54, 1.807) is 0 Å². The lowest BCUT2D eigenvalue weighted by molar-refractivity contribution is 0.282. The van der Waals surface area contributed by atoms with Crippen LogP contribution in [0.15, 0.2) is 40.8 Å². The quantitative estimate of drug-likeness (QED) is 0.848. The Morgan fingerprint density at radius 1 is 1.12 bits per heavy atom. The van der Waals surface area contributed by atoms with Gasteiger partial charge in [0, 0.05) is 5.69 Å². The predicted molar refractivity (Wildman–Crippen MR) is 71.1 cm³/mol. The average molecular weight is 329 g/mol. The van der Waals surface area contributed by atoms with Crippen LogP contribution >= 0.6 is 22.6 Å². The fourth-order valence-electron chi connectivity index (χ4n) is 1.36. The Morgan fingerprint density at radius 2 is 1.88 bits per heavy atom. The van der Waals surface area contributed by atoms with Gasteiger partial charge in [0.25, 0.3) is 0 Å². The number of rotatable bonds is 4. The molecule has 0 aliphatic rings. The summed E-state index contributed by atoms with van der Waals surface area (Å²) in [7, 11) is 0. The molecule has 1 aromatic carbocycles. The molecule has 0 aliphatic carbocycles. The Labute approximate surface area is 108 Å². The van der Waals surface area contributed by atoms with E-state index in [1.165, 1.54) is 0 Å². The third kappa shape index (κ3) is 2.99. The van der Waals surface area contributed by atoms with Crippen molar-refractivity contribution in [3.8, 4) is 0 Å². The van der Waals surface area contributed by atoms with Gasteiger partial charge in [0.15, 0.2) is 3.77 Å². The van der Waals surface area contributed by atoms with Crippen LogP contribution in [0.2, 0.25) is 0 Å². The molecule has 0 saturated carbocycles. The summed E-state index contributed by atoms with van der Waals surface area (Å²) in [5.74, 6) is 0.913. The zero-order chi connectivity index (χ0) is 11.4. The summed E-state index contributed by atoms with van der Waals surface area (Å²) < 4.78 is 6.33. The minimum absolute atomic E-state index is 0.0800. The lowest BCUT2D eigenvalue weighted by Gasteiger charge is -2.04. The zero-order valence-electron chi connectivity index (χ0n) is 8.61. The van der Waals surface area contributed by atoms with Crippen LogP contribution < -0.4 is 5.32 Å². The van der Waals surface area contributed by atoms with Gasteiger partial charge in [0.1, 0.15) is 5.76 Å². The third-order valence-corrected chi connectivity index (χ3v) is 2.81. The first-order chi connectivity index (χ1) is 7.78. The van der Waals surface area contributed by atoms with E-state index in [2.05, 4.69) is 27.9 Å². The van der Waals surface area contributed by atoms with E-state index in [1.807, 2.05) is 36.4 Å². The number of aliphatic hydroxyl groups is 1. The number of aliphatic hydroxyl groups excluding tert-OH is 1. The van der Waals surface area contributed by atoms with Crippen LogP contribution in [-0.4, -0.2) is 5.11 Å². The van der Waals surface area contributed by atoms with Crippen molar-refractivity contribution in [3.63, 3.8) is 0 Å². The molecule has 1 heterocycles. The van der Waals surface area contributed by atoms with E-state index >= 15 is 0 Å². The molecule has 2 N–H and O–H groups in total. The van der Waals surface area contributed by atoms with Gasteiger partial charge in [0.2, 0.25) is 0 Å². The lowest BCUT2D eigenvalue weighted by atomic mass is 10.2. The molecule has 3 nitrogen and oxygen atoms in total. The number of hydrogen-bond donors (Lipinski definition) is 2. The maximum atomic E-state index is 8.90. The maximum Gasteiger partial charge on any atom is 0.164 e. The monoisotopic (exact) mass is 329 g/mol. The van der Waals surface area contributed by atoms with Crippen LogP contribution in [0, 0.1) is 3.77 Å².